The molecule has 30 heavy (non-hydrogen) atoms. The zero-order chi connectivity index (χ0) is 21.7. The van der Waals surface area contributed by atoms with Crippen molar-refractivity contribution in [3.63, 3.8) is 0 Å². The molecule has 0 radical (unpaired) electrons. The molecule has 156 valence electrons. The summed E-state index contributed by atoms with van der Waals surface area (Å²) < 4.78 is 12.5. The molecule has 3 rings (SSSR count). The Balaban J connectivity index is 2.12. The van der Waals surface area contributed by atoms with E-state index < -0.39 is 17.8 Å². The highest BCUT2D eigenvalue weighted by molar-refractivity contribution is 7.16. The SMILES string of the molecule is CCOC(=O)Cn1c(=NC(=O)c2ccccc2C)sc2cc(C(=O)OCC)ccc21. The van der Waals surface area contributed by atoms with E-state index in [4.69, 9.17) is 9.47 Å². The number of carbonyl (C=O) groups is 3. The van der Waals surface area contributed by atoms with Crippen molar-refractivity contribution in [1.82, 2.24) is 4.57 Å². The fourth-order valence-electron chi connectivity index (χ4n) is 2.95. The second-order valence-corrected chi connectivity index (χ2v) is 7.42. The molecule has 0 N–H and O–H groups in total. The second-order valence-electron chi connectivity index (χ2n) is 6.41. The molecule has 0 fully saturated rings. The van der Waals surface area contributed by atoms with Crippen LogP contribution in [0.3, 0.4) is 0 Å². The van der Waals surface area contributed by atoms with Gasteiger partial charge in [0.15, 0.2) is 4.80 Å². The Morgan fingerprint density at radius 2 is 1.77 bits per heavy atom. The first kappa shape index (κ1) is 21.4. The van der Waals surface area contributed by atoms with E-state index in [1.807, 2.05) is 19.1 Å². The topological polar surface area (TPSA) is 87.0 Å². The van der Waals surface area contributed by atoms with Gasteiger partial charge in [0.2, 0.25) is 0 Å². The summed E-state index contributed by atoms with van der Waals surface area (Å²) in [7, 11) is 0. The maximum Gasteiger partial charge on any atom is 0.338 e. The first-order valence-corrected chi connectivity index (χ1v) is 10.4. The summed E-state index contributed by atoms with van der Waals surface area (Å²) in [4.78, 5) is 41.6. The third-order valence-corrected chi connectivity index (χ3v) is 5.40. The van der Waals surface area contributed by atoms with Crippen LogP contribution in [0.1, 0.15) is 40.1 Å². The average Bonchev–Trinajstić information content (AvgIpc) is 3.04. The van der Waals surface area contributed by atoms with Gasteiger partial charge in [-0.15, -0.1) is 0 Å². The largest absolute Gasteiger partial charge is 0.465 e. The van der Waals surface area contributed by atoms with Gasteiger partial charge in [0, 0.05) is 5.56 Å². The Labute approximate surface area is 177 Å². The third kappa shape index (κ3) is 4.65. The van der Waals surface area contributed by atoms with Crippen LogP contribution in [0.25, 0.3) is 10.2 Å². The zero-order valence-electron chi connectivity index (χ0n) is 17.0. The van der Waals surface area contributed by atoms with Crippen LogP contribution in [-0.4, -0.2) is 35.6 Å². The van der Waals surface area contributed by atoms with Gasteiger partial charge < -0.3 is 14.0 Å². The number of hydrogen-bond donors (Lipinski definition) is 0. The van der Waals surface area contributed by atoms with Crippen molar-refractivity contribution in [2.75, 3.05) is 13.2 Å². The third-order valence-electron chi connectivity index (χ3n) is 4.36. The van der Waals surface area contributed by atoms with Crippen molar-refractivity contribution in [3.8, 4) is 0 Å². The summed E-state index contributed by atoms with van der Waals surface area (Å²) in [5.74, 6) is -1.27. The number of aryl methyl sites for hydroxylation is 1. The molecular weight excluding hydrogens is 404 g/mol. The Hall–Kier alpha value is -3.26. The Kier molecular flexibility index (Phi) is 6.79. The molecule has 7 nitrogen and oxygen atoms in total. The molecule has 0 atom stereocenters. The van der Waals surface area contributed by atoms with Crippen LogP contribution in [-0.2, 0) is 20.8 Å². The summed E-state index contributed by atoms with van der Waals surface area (Å²) in [5, 5.41) is 0. The number of fused-ring (bicyclic) bond motifs is 1. The summed E-state index contributed by atoms with van der Waals surface area (Å²) in [6, 6.07) is 12.2. The molecule has 2 aromatic carbocycles. The molecule has 0 bridgehead atoms. The smallest absolute Gasteiger partial charge is 0.338 e. The van der Waals surface area contributed by atoms with Crippen LogP contribution in [0, 0.1) is 6.92 Å². The second kappa shape index (κ2) is 9.49. The van der Waals surface area contributed by atoms with Crippen LogP contribution in [0.15, 0.2) is 47.5 Å². The van der Waals surface area contributed by atoms with E-state index >= 15 is 0 Å². The monoisotopic (exact) mass is 426 g/mol. The van der Waals surface area contributed by atoms with Crippen LogP contribution in [0.5, 0.6) is 0 Å². The van der Waals surface area contributed by atoms with Gasteiger partial charge in [-0.25, -0.2) is 4.79 Å². The van der Waals surface area contributed by atoms with Crippen molar-refractivity contribution in [1.29, 1.82) is 0 Å². The minimum Gasteiger partial charge on any atom is -0.465 e. The van der Waals surface area contributed by atoms with Crippen LogP contribution >= 0.6 is 11.3 Å². The Morgan fingerprint density at radius 3 is 2.47 bits per heavy atom. The quantitative estimate of drug-likeness (QED) is 0.563. The molecule has 1 amide bonds. The maximum atomic E-state index is 12.8. The number of amides is 1. The number of nitrogens with zero attached hydrogens (tertiary/aromatic N) is 2. The summed E-state index contributed by atoms with van der Waals surface area (Å²) in [6.07, 6.45) is 0. The number of benzene rings is 2. The zero-order valence-corrected chi connectivity index (χ0v) is 17.8. The van der Waals surface area contributed by atoms with E-state index in [-0.39, 0.29) is 19.8 Å². The van der Waals surface area contributed by atoms with Crippen LogP contribution in [0.2, 0.25) is 0 Å². The molecule has 1 aromatic heterocycles. The lowest BCUT2D eigenvalue weighted by atomic mass is 10.1. The van der Waals surface area contributed by atoms with Crippen molar-refractivity contribution >= 4 is 39.4 Å². The fraction of sp³-hybridized carbons (Fsp3) is 0.273. The molecule has 0 saturated carbocycles. The highest BCUT2D eigenvalue weighted by Crippen LogP contribution is 2.20. The van der Waals surface area contributed by atoms with Crippen molar-refractivity contribution in [2.45, 2.75) is 27.3 Å². The standard InChI is InChI=1S/C22H22N2O5S/c1-4-28-19(25)13-24-17-11-10-15(21(27)29-5-2)12-18(17)30-22(24)23-20(26)16-9-7-6-8-14(16)3/h6-12H,4-5,13H2,1-3H3. The molecule has 8 heteroatoms. The first-order chi connectivity index (χ1) is 14.4. The first-order valence-electron chi connectivity index (χ1n) is 9.55. The van der Waals surface area contributed by atoms with E-state index in [1.54, 1.807) is 48.7 Å². The number of ether oxygens (including phenoxy) is 2. The van der Waals surface area contributed by atoms with Crippen molar-refractivity contribution in [3.05, 3.63) is 64.0 Å². The average molecular weight is 426 g/mol. The summed E-state index contributed by atoms with van der Waals surface area (Å²) >= 11 is 1.22. The minimum absolute atomic E-state index is 0.0908. The molecule has 0 aliphatic heterocycles. The van der Waals surface area contributed by atoms with Gasteiger partial charge in [0.05, 0.1) is 29.0 Å². The van der Waals surface area contributed by atoms with Gasteiger partial charge in [-0.3, -0.25) is 9.59 Å². The molecule has 3 aromatic rings. The minimum atomic E-state index is -0.434. The number of aromatic nitrogens is 1. The predicted octanol–water partition coefficient (Wildman–Crippen LogP) is 3.49. The molecule has 0 unspecified atom stereocenters. The number of rotatable bonds is 6. The number of hydrogen-bond acceptors (Lipinski definition) is 6. The highest BCUT2D eigenvalue weighted by Gasteiger charge is 2.16. The van der Waals surface area contributed by atoms with Gasteiger partial charge in [-0.1, -0.05) is 29.5 Å². The van der Waals surface area contributed by atoms with Gasteiger partial charge in [-0.2, -0.15) is 4.99 Å². The Morgan fingerprint density at radius 1 is 1.03 bits per heavy atom. The van der Waals surface area contributed by atoms with Crippen LogP contribution < -0.4 is 4.80 Å². The molecule has 0 aliphatic carbocycles. The molecule has 0 aliphatic rings. The van der Waals surface area contributed by atoms with E-state index in [0.29, 0.717) is 26.1 Å². The lowest BCUT2D eigenvalue weighted by molar-refractivity contribution is -0.143. The lowest BCUT2D eigenvalue weighted by Gasteiger charge is -2.06. The Bertz CT molecular complexity index is 1180. The van der Waals surface area contributed by atoms with Crippen LogP contribution in [0.4, 0.5) is 0 Å². The van der Waals surface area contributed by atoms with E-state index in [2.05, 4.69) is 4.99 Å². The lowest BCUT2D eigenvalue weighted by Crippen LogP contribution is -2.23. The number of carbonyl (C=O) groups excluding carboxylic acids is 3. The van der Waals surface area contributed by atoms with E-state index in [1.165, 1.54) is 11.3 Å². The van der Waals surface area contributed by atoms with Crippen molar-refractivity contribution in [2.24, 2.45) is 4.99 Å². The molecule has 0 spiro atoms. The van der Waals surface area contributed by atoms with E-state index in [0.717, 1.165) is 5.56 Å². The molecular formula is C22H22N2O5S. The normalized spacial score (nSPS) is 11.5. The summed E-state index contributed by atoms with van der Waals surface area (Å²) in [6.45, 7) is 5.74. The fourth-order valence-corrected chi connectivity index (χ4v) is 4.02. The van der Waals surface area contributed by atoms with Gasteiger partial charge in [0.25, 0.3) is 5.91 Å². The molecule has 1 heterocycles. The molecule has 0 saturated heterocycles. The number of thiazole rings is 1. The maximum absolute atomic E-state index is 12.8. The van der Waals surface area contributed by atoms with Gasteiger partial charge in [0.1, 0.15) is 6.54 Å². The van der Waals surface area contributed by atoms with Crippen molar-refractivity contribution < 1.29 is 23.9 Å². The highest BCUT2D eigenvalue weighted by atomic mass is 32.1. The predicted molar refractivity (Wildman–Crippen MR) is 113 cm³/mol. The van der Waals surface area contributed by atoms with Gasteiger partial charge in [-0.05, 0) is 50.6 Å². The van der Waals surface area contributed by atoms with E-state index in [9.17, 15) is 14.4 Å². The summed E-state index contributed by atoms with van der Waals surface area (Å²) in [5.41, 5.74) is 2.38. The van der Waals surface area contributed by atoms with Gasteiger partial charge >= 0.3 is 11.9 Å². The number of esters is 2.